The number of ether oxygens (including phenoxy) is 1. The van der Waals surface area contributed by atoms with E-state index >= 15 is 0 Å². The van der Waals surface area contributed by atoms with Crippen LogP contribution >= 0.6 is 23.4 Å². The Morgan fingerprint density at radius 3 is 2.94 bits per heavy atom. The Kier molecular flexibility index (Phi) is 6.93. The third-order valence-electron chi connectivity index (χ3n) is 2.22. The van der Waals surface area contributed by atoms with E-state index in [0.717, 1.165) is 17.0 Å². The van der Waals surface area contributed by atoms with Crippen LogP contribution in [0.1, 0.15) is 6.42 Å². The fourth-order valence-corrected chi connectivity index (χ4v) is 2.07. The Morgan fingerprint density at radius 2 is 2.28 bits per heavy atom. The van der Waals surface area contributed by atoms with Gasteiger partial charge in [0.05, 0.1) is 5.69 Å². The van der Waals surface area contributed by atoms with Crippen LogP contribution in [0.4, 0.5) is 10.5 Å². The molecule has 0 radical (unpaired) electrons. The number of anilines is 1. The molecule has 0 atom stereocenters. The number of hydrogen-bond donors (Lipinski definition) is 2. The van der Waals surface area contributed by atoms with Crippen LogP contribution < -0.4 is 10.6 Å². The Balaban J connectivity index is 2.50. The molecule has 0 saturated heterocycles. The van der Waals surface area contributed by atoms with E-state index < -0.39 is 0 Å². The van der Waals surface area contributed by atoms with Gasteiger partial charge in [-0.3, -0.25) is 0 Å². The van der Waals surface area contributed by atoms with E-state index in [1.54, 1.807) is 31.0 Å². The van der Waals surface area contributed by atoms with Crippen molar-refractivity contribution in [1.29, 1.82) is 0 Å². The smallest absolute Gasteiger partial charge is 0.319 e. The maximum absolute atomic E-state index is 11.6. The molecule has 1 rings (SSSR count). The first-order valence-electron chi connectivity index (χ1n) is 5.54. The highest BCUT2D eigenvalue weighted by Crippen LogP contribution is 2.28. The standard InChI is InChI=1S/C12H17ClN2O2S/c1-17-7-3-6-14-12(16)15-10-8-9(13)4-5-11(10)18-2/h4-5,8H,3,6-7H2,1-2H3,(H2,14,15,16). The lowest BCUT2D eigenvalue weighted by Gasteiger charge is -2.11. The van der Waals surface area contributed by atoms with Crippen molar-refractivity contribution in [2.24, 2.45) is 0 Å². The number of urea groups is 1. The van der Waals surface area contributed by atoms with Gasteiger partial charge >= 0.3 is 6.03 Å². The van der Waals surface area contributed by atoms with Gasteiger partial charge in [0, 0.05) is 30.2 Å². The largest absolute Gasteiger partial charge is 0.385 e. The topological polar surface area (TPSA) is 50.4 Å². The number of benzene rings is 1. The van der Waals surface area contributed by atoms with Crippen LogP contribution in [0, 0.1) is 0 Å². The van der Waals surface area contributed by atoms with Gasteiger partial charge in [-0.05, 0) is 30.9 Å². The molecule has 100 valence electrons. The Bertz CT molecular complexity index is 402. The summed E-state index contributed by atoms with van der Waals surface area (Å²) >= 11 is 7.46. The summed E-state index contributed by atoms with van der Waals surface area (Å²) in [6.45, 7) is 1.21. The Morgan fingerprint density at radius 1 is 1.50 bits per heavy atom. The van der Waals surface area contributed by atoms with E-state index in [-0.39, 0.29) is 6.03 Å². The summed E-state index contributed by atoms with van der Waals surface area (Å²) in [6.07, 6.45) is 2.74. The fraction of sp³-hybridized carbons (Fsp3) is 0.417. The summed E-state index contributed by atoms with van der Waals surface area (Å²) in [5.41, 5.74) is 0.722. The van der Waals surface area contributed by atoms with Crippen molar-refractivity contribution in [2.75, 3.05) is 31.8 Å². The maximum Gasteiger partial charge on any atom is 0.319 e. The average molecular weight is 289 g/mol. The molecule has 18 heavy (non-hydrogen) atoms. The summed E-state index contributed by atoms with van der Waals surface area (Å²) in [5.74, 6) is 0. The Hall–Kier alpha value is -0.910. The summed E-state index contributed by atoms with van der Waals surface area (Å²) in [5, 5.41) is 6.14. The first kappa shape index (κ1) is 15.1. The molecule has 0 heterocycles. The highest BCUT2D eigenvalue weighted by Gasteiger charge is 2.06. The minimum absolute atomic E-state index is 0.233. The number of rotatable bonds is 6. The second kappa shape index (κ2) is 8.24. The van der Waals surface area contributed by atoms with Crippen molar-refractivity contribution >= 4 is 35.1 Å². The predicted molar refractivity (Wildman–Crippen MR) is 76.7 cm³/mol. The first-order valence-corrected chi connectivity index (χ1v) is 7.15. The van der Waals surface area contributed by atoms with E-state index in [0.29, 0.717) is 18.2 Å². The lowest BCUT2D eigenvalue weighted by atomic mass is 10.3. The SMILES string of the molecule is COCCCNC(=O)Nc1cc(Cl)ccc1SC. The van der Waals surface area contributed by atoms with Crippen LogP contribution in [0.25, 0.3) is 0 Å². The molecule has 0 aliphatic carbocycles. The van der Waals surface area contributed by atoms with Crippen molar-refractivity contribution in [1.82, 2.24) is 5.32 Å². The van der Waals surface area contributed by atoms with Crippen LogP contribution in [0.3, 0.4) is 0 Å². The van der Waals surface area contributed by atoms with Gasteiger partial charge in [0.2, 0.25) is 0 Å². The monoisotopic (exact) mass is 288 g/mol. The molecule has 2 N–H and O–H groups in total. The molecule has 0 unspecified atom stereocenters. The molecule has 1 aromatic carbocycles. The number of hydrogen-bond acceptors (Lipinski definition) is 3. The van der Waals surface area contributed by atoms with Crippen molar-refractivity contribution in [3.8, 4) is 0 Å². The second-order valence-corrected chi connectivity index (χ2v) is 4.86. The average Bonchev–Trinajstić information content (AvgIpc) is 2.35. The highest BCUT2D eigenvalue weighted by molar-refractivity contribution is 7.98. The van der Waals surface area contributed by atoms with Gasteiger partial charge in [-0.2, -0.15) is 0 Å². The normalized spacial score (nSPS) is 10.2. The van der Waals surface area contributed by atoms with Crippen molar-refractivity contribution in [3.63, 3.8) is 0 Å². The number of nitrogens with one attached hydrogen (secondary N) is 2. The summed E-state index contributed by atoms with van der Waals surface area (Å²) < 4.78 is 4.90. The summed E-state index contributed by atoms with van der Waals surface area (Å²) in [7, 11) is 1.64. The molecule has 0 bridgehead atoms. The summed E-state index contributed by atoms with van der Waals surface area (Å²) in [4.78, 5) is 12.6. The van der Waals surface area contributed by atoms with E-state index in [1.165, 1.54) is 0 Å². The zero-order valence-electron chi connectivity index (χ0n) is 10.5. The van der Waals surface area contributed by atoms with E-state index in [1.807, 2.05) is 12.3 Å². The van der Waals surface area contributed by atoms with Gasteiger partial charge in [0.25, 0.3) is 0 Å². The fourth-order valence-electron chi connectivity index (χ4n) is 1.36. The molecule has 0 aliphatic heterocycles. The van der Waals surface area contributed by atoms with E-state index in [4.69, 9.17) is 16.3 Å². The zero-order chi connectivity index (χ0) is 13.4. The highest BCUT2D eigenvalue weighted by atomic mass is 35.5. The van der Waals surface area contributed by atoms with Gasteiger partial charge in [-0.15, -0.1) is 11.8 Å². The Labute approximate surface area is 116 Å². The zero-order valence-corrected chi connectivity index (χ0v) is 12.0. The second-order valence-electron chi connectivity index (χ2n) is 3.57. The number of carbonyl (C=O) groups is 1. The van der Waals surface area contributed by atoms with Crippen LogP contribution in [-0.2, 0) is 4.74 Å². The van der Waals surface area contributed by atoms with Crippen LogP contribution in [0.2, 0.25) is 5.02 Å². The molecule has 0 saturated carbocycles. The summed E-state index contributed by atoms with van der Waals surface area (Å²) in [6, 6.07) is 5.19. The first-order chi connectivity index (χ1) is 8.67. The molecule has 4 nitrogen and oxygen atoms in total. The minimum Gasteiger partial charge on any atom is -0.385 e. The van der Waals surface area contributed by atoms with Crippen molar-refractivity contribution < 1.29 is 9.53 Å². The van der Waals surface area contributed by atoms with Crippen molar-refractivity contribution in [2.45, 2.75) is 11.3 Å². The van der Waals surface area contributed by atoms with Crippen LogP contribution in [0.15, 0.2) is 23.1 Å². The molecule has 0 aromatic heterocycles. The maximum atomic E-state index is 11.6. The van der Waals surface area contributed by atoms with Crippen LogP contribution in [0.5, 0.6) is 0 Å². The molecular formula is C12H17ClN2O2S. The quantitative estimate of drug-likeness (QED) is 0.624. The lowest BCUT2D eigenvalue weighted by molar-refractivity contribution is 0.194. The van der Waals surface area contributed by atoms with Gasteiger partial charge in [-0.25, -0.2) is 4.79 Å². The van der Waals surface area contributed by atoms with E-state index in [9.17, 15) is 4.79 Å². The van der Waals surface area contributed by atoms with Crippen molar-refractivity contribution in [3.05, 3.63) is 23.2 Å². The van der Waals surface area contributed by atoms with Gasteiger partial charge in [-0.1, -0.05) is 11.6 Å². The molecule has 2 amide bonds. The number of methoxy groups -OCH3 is 1. The number of halogens is 1. The number of carbonyl (C=O) groups excluding carboxylic acids is 1. The van der Waals surface area contributed by atoms with Crippen LogP contribution in [-0.4, -0.2) is 32.5 Å². The minimum atomic E-state index is -0.233. The number of thioether (sulfide) groups is 1. The molecule has 0 fully saturated rings. The third kappa shape index (κ3) is 5.16. The lowest BCUT2D eigenvalue weighted by Crippen LogP contribution is -2.30. The molecule has 6 heteroatoms. The molecular weight excluding hydrogens is 272 g/mol. The molecule has 0 aliphatic rings. The third-order valence-corrected chi connectivity index (χ3v) is 3.25. The molecule has 0 spiro atoms. The predicted octanol–water partition coefficient (Wildman–Crippen LogP) is 3.22. The van der Waals surface area contributed by atoms with Gasteiger partial charge in [0.1, 0.15) is 0 Å². The van der Waals surface area contributed by atoms with Gasteiger partial charge < -0.3 is 15.4 Å². The molecule has 1 aromatic rings. The van der Waals surface area contributed by atoms with E-state index in [2.05, 4.69) is 10.6 Å². The number of amides is 2. The van der Waals surface area contributed by atoms with Gasteiger partial charge in [0.15, 0.2) is 0 Å².